The van der Waals surface area contributed by atoms with Gasteiger partial charge >= 0.3 is 12.0 Å². The van der Waals surface area contributed by atoms with E-state index in [1.54, 1.807) is 35.6 Å². The Bertz CT molecular complexity index is 738. The van der Waals surface area contributed by atoms with Gasteiger partial charge in [0.2, 0.25) is 0 Å². The van der Waals surface area contributed by atoms with Gasteiger partial charge in [0.05, 0.1) is 5.56 Å². The summed E-state index contributed by atoms with van der Waals surface area (Å²) in [6.07, 6.45) is 2.20. The van der Waals surface area contributed by atoms with Crippen molar-refractivity contribution in [1.82, 2.24) is 15.5 Å². The zero-order chi connectivity index (χ0) is 19.1. The Morgan fingerprint density at radius 3 is 2.48 bits per heavy atom. The first-order valence-electron chi connectivity index (χ1n) is 9.19. The minimum atomic E-state index is -0.950. The number of thiophene rings is 1. The molecule has 1 fully saturated rings. The SMILES string of the molecule is O=C(NCc1ccc(C(=O)O)cc1)NCC1CCN(Cc2cccs2)CC1. The van der Waals surface area contributed by atoms with Crippen molar-refractivity contribution < 1.29 is 14.7 Å². The molecule has 3 rings (SSSR count). The molecule has 27 heavy (non-hydrogen) atoms. The Labute approximate surface area is 163 Å². The minimum absolute atomic E-state index is 0.182. The molecule has 1 aromatic heterocycles. The molecule has 0 saturated carbocycles. The molecule has 1 saturated heterocycles. The van der Waals surface area contributed by atoms with Gasteiger partial charge in [0.15, 0.2) is 0 Å². The maximum atomic E-state index is 12.0. The first kappa shape index (κ1) is 19.4. The van der Waals surface area contributed by atoms with Crippen LogP contribution < -0.4 is 10.6 Å². The van der Waals surface area contributed by atoms with Crippen LogP contribution >= 0.6 is 11.3 Å². The third kappa shape index (κ3) is 6.08. The van der Waals surface area contributed by atoms with E-state index in [0.29, 0.717) is 19.0 Å². The smallest absolute Gasteiger partial charge is 0.335 e. The lowest BCUT2D eigenvalue weighted by molar-refractivity contribution is 0.0697. The average molecular weight is 388 g/mol. The largest absolute Gasteiger partial charge is 0.478 e. The van der Waals surface area contributed by atoms with Crippen LogP contribution in [0.2, 0.25) is 0 Å². The number of rotatable bonds is 7. The molecule has 6 nitrogen and oxygen atoms in total. The molecule has 0 aliphatic carbocycles. The van der Waals surface area contributed by atoms with Crippen LogP contribution in [0.3, 0.4) is 0 Å². The molecule has 0 spiro atoms. The summed E-state index contributed by atoms with van der Waals surface area (Å²) in [7, 11) is 0. The normalized spacial score (nSPS) is 15.4. The predicted octanol–water partition coefficient (Wildman–Crippen LogP) is 3.16. The van der Waals surface area contributed by atoms with Gasteiger partial charge in [-0.25, -0.2) is 9.59 Å². The van der Waals surface area contributed by atoms with Crippen molar-refractivity contribution in [1.29, 1.82) is 0 Å². The molecule has 7 heteroatoms. The van der Waals surface area contributed by atoms with Gasteiger partial charge in [-0.15, -0.1) is 11.3 Å². The second kappa shape index (κ2) is 9.53. The monoisotopic (exact) mass is 387 g/mol. The number of carboxylic acids is 1. The van der Waals surface area contributed by atoms with Crippen molar-refractivity contribution in [2.45, 2.75) is 25.9 Å². The second-order valence-electron chi connectivity index (χ2n) is 6.86. The second-order valence-corrected chi connectivity index (χ2v) is 7.90. The Morgan fingerprint density at radius 2 is 1.85 bits per heavy atom. The van der Waals surface area contributed by atoms with E-state index in [9.17, 15) is 9.59 Å². The summed E-state index contributed by atoms with van der Waals surface area (Å²) < 4.78 is 0. The zero-order valence-electron chi connectivity index (χ0n) is 15.2. The molecule has 144 valence electrons. The van der Waals surface area contributed by atoms with Crippen molar-refractivity contribution in [3.8, 4) is 0 Å². The van der Waals surface area contributed by atoms with Gasteiger partial charge < -0.3 is 15.7 Å². The molecule has 3 N–H and O–H groups in total. The molecule has 1 aromatic carbocycles. The van der Waals surface area contributed by atoms with Crippen molar-refractivity contribution in [2.24, 2.45) is 5.92 Å². The Balaban J connectivity index is 1.32. The van der Waals surface area contributed by atoms with Crippen molar-refractivity contribution in [3.05, 3.63) is 57.8 Å². The fourth-order valence-electron chi connectivity index (χ4n) is 3.22. The number of nitrogens with one attached hydrogen (secondary N) is 2. The van der Waals surface area contributed by atoms with Crippen LogP contribution in [0.1, 0.15) is 33.6 Å². The predicted molar refractivity (Wildman–Crippen MR) is 106 cm³/mol. The summed E-state index contributed by atoms with van der Waals surface area (Å²) in [5, 5.41) is 16.8. The summed E-state index contributed by atoms with van der Waals surface area (Å²) in [6.45, 7) is 4.24. The quantitative estimate of drug-likeness (QED) is 0.682. The number of hydrogen-bond donors (Lipinski definition) is 3. The van der Waals surface area contributed by atoms with Crippen molar-refractivity contribution in [2.75, 3.05) is 19.6 Å². The molecule has 0 atom stereocenters. The molecule has 2 heterocycles. The molecule has 1 aliphatic rings. The Kier molecular flexibility index (Phi) is 6.84. The topological polar surface area (TPSA) is 81.7 Å². The highest BCUT2D eigenvalue weighted by molar-refractivity contribution is 7.09. The number of piperidine rings is 1. The maximum Gasteiger partial charge on any atom is 0.335 e. The standard InChI is InChI=1S/C20H25N3O3S/c24-19(25)17-5-3-15(4-6-17)12-21-20(26)22-13-16-7-9-23(10-8-16)14-18-2-1-11-27-18/h1-6,11,16H,7-10,12-14H2,(H,24,25)(H2,21,22,26). The maximum absolute atomic E-state index is 12.0. The molecular weight excluding hydrogens is 362 g/mol. The lowest BCUT2D eigenvalue weighted by Gasteiger charge is -2.31. The molecular formula is C20H25N3O3S. The summed E-state index contributed by atoms with van der Waals surface area (Å²) in [6, 6.07) is 10.6. The van der Waals surface area contributed by atoms with Gasteiger partial charge in [0.25, 0.3) is 0 Å². The van der Waals surface area contributed by atoms with Gasteiger partial charge in [-0.3, -0.25) is 4.90 Å². The molecule has 2 amide bonds. The highest BCUT2D eigenvalue weighted by Crippen LogP contribution is 2.20. The van der Waals surface area contributed by atoms with E-state index in [1.165, 1.54) is 4.88 Å². The molecule has 2 aromatic rings. The number of carboxylic acid groups (broad SMARTS) is 1. The Hall–Kier alpha value is -2.38. The van der Waals surface area contributed by atoms with Crippen molar-refractivity contribution >= 4 is 23.3 Å². The molecule has 0 radical (unpaired) electrons. The van der Waals surface area contributed by atoms with Crippen LogP contribution in [0.5, 0.6) is 0 Å². The summed E-state index contributed by atoms with van der Waals surface area (Å²) >= 11 is 1.80. The summed E-state index contributed by atoms with van der Waals surface area (Å²) in [5.41, 5.74) is 1.12. The minimum Gasteiger partial charge on any atom is -0.478 e. The zero-order valence-corrected chi connectivity index (χ0v) is 16.0. The number of nitrogens with zero attached hydrogens (tertiary/aromatic N) is 1. The van der Waals surface area contributed by atoms with Crippen LogP contribution in [0, 0.1) is 5.92 Å². The average Bonchev–Trinajstić information content (AvgIpc) is 3.19. The molecule has 0 unspecified atom stereocenters. The number of benzene rings is 1. The lowest BCUT2D eigenvalue weighted by Crippen LogP contribution is -2.41. The number of urea groups is 1. The van der Waals surface area contributed by atoms with Gasteiger partial charge in [-0.1, -0.05) is 18.2 Å². The highest BCUT2D eigenvalue weighted by atomic mass is 32.1. The summed E-state index contributed by atoms with van der Waals surface area (Å²) in [5.74, 6) is -0.432. The Morgan fingerprint density at radius 1 is 1.11 bits per heavy atom. The van der Waals surface area contributed by atoms with E-state index >= 15 is 0 Å². The van der Waals surface area contributed by atoms with Crippen LogP contribution in [0.25, 0.3) is 0 Å². The molecule has 0 bridgehead atoms. The first-order valence-corrected chi connectivity index (χ1v) is 10.1. The third-order valence-electron chi connectivity index (χ3n) is 4.87. The number of hydrogen-bond acceptors (Lipinski definition) is 4. The van der Waals surface area contributed by atoms with E-state index in [-0.39, 0.29) is 11.6 Å². The van der Waals surface area contributed by atoms with Crippen LogP contribution in [-0.2, 0) is 13.1 Å². The number of carbonyl (C=O) groups is 2. The first-order chi connectivity index (χ1) is 13.1. The van der Waals surface area contributed by atoms with E-state index in [0.717, 1.165) is 38.0 Å². The van der Waals surface area contributed by atoms with Crippen LogP contribution in [0.4, 0.5) is 4.79 Å². The lowest BCUT2D eigenvalue weighted by atomic mass is 9.97. The summed E-state index contributed by atoms with van der Waals surface area (Å²) in [4.78, 5) is 26.7. The van der Waals surface area contributed by atoms with Gasteiger partial charge in [-0.05, 0) is 61.0 Å². The van der Waals surface area contributed by atoms with E-state index in [4.69, 9.17) is 5.11 Å². The third-order valence-corrected chi connectivity index (χ3v) is 5.73. The van der Waals surface area contributed by atoms with Crippen LogP contribution in [0.15, 0.2) is 41.8 Å². The number of amides is 2. The fourth-order valence-corrected chi connectivity index (χ4v) is 3.96. The number of aromatic carboxylic acids is 1. The van der Waals surface area contributed by atoms with Gasteiger partial charge in [0, 0.05) is 24.5 Å². The van der Waals surface area contributed by atoms with E-state index < -0.39 is 5.97 Å². The fraction of sp³-hybridized carbons (Fsp3) is 0.400. The number of carbonyl (C=O) groups excluding carboxylic acids is 1. The van der Waals surface area contributed by atoms with E-state index in [1.807, 2.05) is 0 Å². The number of likely N-dealkylation sites (tertiary alicyclic amines) is 1. The van der Waals surface area contributed by atoms with Crippen molar-refractivity contribution in [3.63, 3.8) is 0 Å². The van der Waals surface area contributed by atoms with Crippen LogP contribution in [-0.4, -0.2) is 41.6 Å². The highest BCUT2D eigenvalue weighted by Gasteiger charge is 2.19. The molecule has 1 aliphatic heterocycles. The van der Waals surface area contributed by atoms with E-state index in [2.05, 4.69) is 33.0 Å². The van der Waals surface area contributed by atoms with Gasteiger partial charge in [-0.2, -0.15) is 0 Å². The van der Waals surface area contributed by atoms with Gasteiger partial charge in [0.1, 0.15) is 0 Å².